The number of carboxylic acids is 1. The van der Waals surface area contributed by atoms with Crippen LogP contribution in [0.1, 0.15) is 94.3 Å². The lowest BCUT2D eigenvalue weighted by Gasteiger charge is -2.39. The van der Waals surface area contributed by atoms with Gasteiger partial charge in [-0.3, -0.25) is 24.1 Å². The molecule has 4 amide bonds. The van der Waals surface area contributed by atoms with E-state index in [4.69, 9.17) is 5.73 Å². The topological polar surface area (TPSA) is 155 Å². The summed E-state index contributed by atoms with van der Waals surface area (Å²) >= 11 is 1.13. The van der Waals surface area contributed by atoms with Crippen molar-refractivity contribution in [2.45, 2.75) is 95.7 Å². The highest BCUT2D eigenvalue weighted by Crippen LogP contribution is 2.41. The molecule has 1 aromatic heterocycles. The zero-order chi connectivity index (χ0) is 40.0. The van der Waals surface area contributed by atoms with Gasteiger partial charge in [-0.1, -0.05) is 56.0 Å². The third kappa shape index (κ3) is 11.7. The average Bonchev–Trinajstić information content (AvgIpc) is 3.75. The number of aromatic nitrogens is 1. The Balaban J connectivity index is 1.30. The SMILES string of the molecule is NCCCN(C(=O)CSC[C@H](NC(=O)CCCCCN1C(=O)CCC1=O)C(=O)O)[C@@H](c1cc(-c2cc(F)ccc2F)cn1Cc1ccccc1)C1CCCCC1. The molecule has 1 aliphatic heterocycles. The molecule has 11 nitrogen and oxygen atoms in total. The number of imide groups is 1. The fourth-order valence-electron chi connectivity index (χ4n) is 7.74. The number of likely N-dealkylation sites (tertiary alicyclic amines) is 1. The van der Waals surface area contributed by atoms with Crippen molar-refractivity contribution in [1.82, 2.24) is 19.7 Å². The second-order valence-electron chi connectivity index (χ2n) is 14.7. The molecule has 1 saturated carbocycles. The van der Waals surface area contributed by atoms with Crippen molar-refractivity contribution >= 4 is 41.4 Å². The molecule has 2 atom stereocenters. The minimum Gasteiger partial charge on any atom is -0.480 e. The molecule has 2 fully saturated rings. The van der Waals surface area contributed by atoms with E-state index >= 15 is 4.39 Å². The van der Waals surface area contributed by atoms with Gasteiger partial charge < -0.3 is 25.6 Å². The van der Waals surface area contributed by atoms with Gasteiger partial charge in [0.15, 0.2) is 0 Å². The van der Waals surface area contributed by atoms with E-state index < -0.39 is 35.6 Å². The smallest absolute Gasteiger partial charge is 0.327 e. The van der Waals surface area contributed by atoms with E-state index in [1.165, 1.54) is 11.0 Å². The van der Waals surface area contributed by atoms with Crippen LogP contribution in [0.5, 0.6) is 0 Å². The number of hydrogen-bond donors (Lipinski definition) is 3. The minimum atomic E-state index is -1.21. The molecule has 56 heavy (non-hydrogen) atoms. The molecule has 0 unspecified atom stereocenters. The van der Waals surface area contributed by atoms with Crippen molar-refractivity contribution in [1.29, 1.82) is 0 Å². The first kappa shape index (κ1) is 42.6. The van der Waals surface area contributed by atoms with Crippen LogP contribution in [0.2, 0.25) is 0 Å². The fourth-order valence-corrected chi connectivity index (χ4v) is 8.66. The predicted molar refractivity (Wildman–Crippen MR) is 211 cm³/mol. The molecule has 1 saturated heterocycles. The monoisotopic (exact) mass is 793 g/mol. The number of thioether (sulfide) groups is 1. The highest BCUT2D eigenvalue weighted by atomic mass is 32.2. The van der Waals surface area contributed by atoms with Crippen LogP contribution in [0.3, 0.4) is 0 Å². The maximum atomic E-state index is 15.2. The van der Waals surface area contributed by atoms with Crippen LogP contribution >= 0.6 is 11.8 Å². The molecular formula is C42H53F2N5O6S. The number of unbranched alkanes of at least 4 members (excludes halogenated alkanes) is 2. The number of amides is 4. The molecule has 14 heteroatoms. The number of carbonyl (C=O) groups is 5. The number of nitrogens with one attached hydrogen (secondary N) is 1. The predicted octanol–water partition coefficient (Wildman–Crippen LogP) is 6.29. The Hall–Kier alpha value is -4.56. The van der Waals surface area contributed by atoms with Crippen LogP contribution in [0.25, 0.3) is 11.1 Å². The van der Waals surface area contributed by atoms with E-state index in [9.17, 15) is 33.5 Å². The molecule has 0 radical (unpaired) electrons. The largest absolute Gasteiger partial charge is 0.480 e. The standard InChI is InChI=1S/C42H53F2N5O6S/c43-32-16-17-34(44)33(24-32)31-23-36(47(26-31)25-29-11-4-1-5-12-29)41(30-13-6-2-7-14-30)49(22-10-20-45)40(53)28-56-27-35(42(54)55)46-37(50)15-8-3-9-21-48-38(51)18-19-39(48)52/h1,4-5,11-12,16-17,23-24,26,30,35,41H,2-3,6-10,13-15,18-22,25,27-28,45H2,(H,46,50)(H,54,55)/t35-,41+/m0/s1. The summed E-state index contributed by atoms with van der Waals surface area (Å²) in [7, 11) is 0. The zero-order valence-electron chi connectivity index (χ0n) is 31.8. The van der Waals surface area contributed by atoms with E-state index in [0.717, 1.165) is 67.3 Å². The summed E-state index contributed by atoms with van der Waals surface area (Å²) in [5, 5.41) is 12.5. The maximum Gasteiger partial charge on any atom is 0.327 e. The number of nitrogens with two attached hydrogens (primary N) is 1. The summed E-state index contributed by atoms with van der Waals surface area (Å²) in [5.74, 6) is -3.27. The van der Waals surface area contributed by atoms with E-state index in [1.54, 1.807) is 0 Å². The van der Waals surface area contributed by atoms with Crippen LogP contribution < -0.4 is 11.1 Å². The van der Waals surface area contributed by atoms with Crippen molar-refractivity contribution in [3.05, 3.63) is 83.7 Å². The molecule has 302 valence electrons. The quantitative estimate of drug-likeness (QED) is 0.0840. The number of aliphatic carboxylic acids is 1. The van der Waals surface area contributed by atoms with Gasteiger partial charge in [0.2, 0.25) is 23.6 Å². The molecule has 4 N–H and O–H groups in total. The minimum absolute atomic E-state index is 0.0296. The van der Waals surface area contributed by atoms with Gasteiger partial charge in [0.05, 0.1) is 11.8 Å². The van der Waals surface area contributed by atoms with Gasteiger partial charge in [-0.15, -0.1) is 11.8 Å². The van der Waals surface area contributed by atoms with Crippen molar-refractivity contribution < 1.29 is 37.9 Å². The lowest BCUT2D eigenvalue weighted by Crippen LogP contribution is -2.44. The van der Waals surface area contributed by atoms with Gasteiger partial charge in [-0.2, -0.15) is 0 Å². The van der Waals surface area contributed by atoms with Gasteiger partial charge >= 0.3 is 5.97 Å². The third-order valence-electron chi connectivity index (χ3n) is 10.6. The maximum absolute atomic E-state index is 15.2. The van der Waals surface area contributed by atoms with Crippen LogP contribution in [-0.2, 0) is 30.5 Å². The van der Waals surface area contributed by atoms with Gasteiger partial charge in [0, 0.05) is 67.7 Å². The Morgan fingerprint density at radius 2 is 1.68 bits per heavy atom. The number of benzene rings is 2. The number of rotatable bonds is 21. The molecule has 2 aliphatic rings. The van der Waals surface area contributed by atoms with Crippen molar-refractivity contribution in [2.75, 3.05) is 31.1 Å². The Labute approximate surface area is 331 Å². The summed E-state index contributed by atoms with van der Waals surface area (Å²) in [4.78, 5) is 65.9. The van der Waals surface area contributed by atoms with Crippen LogP contribution in [0.15, 0.2) is 60.8 Å². The fraction of sp³-hybridized carbons (Fsp3) is 0.500. The molecule has 1 aliphatic carbocycles. The lowest BCUT2D eigenvalue weighted by molar-refractivity contribution is -0.141. The van der Waals surface area contributed by atoms with E-state index in [0.29, 0.717) is 57.4 Å². The van der Waals surface area contributed by atoms with Gasteiger partial charge in [-0.25, -0.2) is 13.6 Å². The van der Waals surface area contributed by atoms with Crippen molar-refractivity contribution in [3.8, 4) is 11.1 Å². The average molecular weight is 794 g/mol. The number of hydrogen-bond acceptors (Lipinski definition) is 7. The van der Waals surface area contributed by atoms with Crippen molar-refractivity contribution in [2.24, 2.45) is 11.7 Å². The van der Waals surface area contributed by atoms with Gasteiger partial charge in [0.1, 0.15) is 17.7 Å². The van der Waals surface area contributed by atoms with Gasteiger partial charge in [0.25, 0.3) is 0 Å². The Morgan fingerprint density at radius 3 is 2.38 bits per heavy atom. The summed E-state index contributed by atoms with van der Waals surface area (Å²) in [6.45, 7) is 1.47. The van der Waals surface area contributed by atoms with Crippen LogP contribution in [0, 0.1) is 17.6 Å². The summed E-state index contributed by atoms with van der Waals surface area (Å²) in [6.07, 6.45) is 9.39. The first-order valence-corrected chi connectivity index (χ1v) is 20.8. The molecule has 2 heterocycles. The van der Waals surface area contributed by atoms with E-state index in [1.807, 2.05) is 52.1 Å². The molecule has 0 bridgehead atoms. The number of carboxylic acid groups (broad SMARTS) is 1. The molecule has 3 aromatic rings. The highest BCUT2D eigenvalue weighted by Gasteiger charge is 2.36. The third-order valence-corrected chi connectivity index (χ3v) is 11.6. The van der Waals surface area contributed by atoms with Crippen LogP contribution in [0.4, 0.5) is 8.78 Å². The van der Waals surface area contributed by atoms with Crippen molar-refractivity contribution in [3.63, 3.8) is 0 Å². The van der Waals surface area contributed by atoms with E-state index in [-0.39, 0.29) is 60.0 Å². The van der Waals surface area contributed by atoms with E-state index in [2.05, 4.69) is 5.32 Å². The Morgan fingerprint density at radius 1 is 0.946 bits per heavy atom. The molecule has 0 spiro atoms. The first-order valence-electron chi connectivity index (χ1n) is 19.7. The second kappa shape index (κ2) is 21.1. The molecule has 2 aromatic carbocycles. The second-order valence-corrected chi connectivity index (χ2v) is 15.7. The number of halogens is 2. The molecule has 5 rings (SSSR count). The summed E-state index contributed by atoms with van der Waals surface area (Å²) in [5.41, 5.74) is 8.44. The number of nitrogens with zero attached hydrogens (tertiary/aromatic N) is 3. The lowest BCUT2D eigenvalue weighted by atomic mass is 9.81. The summed E-state index contributed by atoms with van der Waals surface area (Å²) in [6, 6.07) is 13.4. The van der Waals surface area contributed by atoms with Gasteiger partial charge in [-0.05, 0) is 74.4 Å². The summed E-state index contributed by atoms with van der Waals surface area (Å²) < 4.78 is 31.7. The molecular weight excluding hydrogens is 741 g/mol. The first-order chi connectivity index (χ1) is 27.0. The zero-order valence-corrected chi connectivity index (χ0v) is 32.6. The Bertz CT molecular complexity index is 1800. The highest BCUT2D eigenvalue weighted by molar-refractivity contribution is 8.00. The number of carbonyl (C=O) groups excluding carboxylic acids is 4. The Kier molecular flexibility index (Phi) is 16.0. The normalized spacial score (nSPS) is 15.9. The van der Waals surface area contributed by atoms with Crippen LogP contribution in [-0.4, -0.2) is 86.3 Å².